The van der Waals surface area contributed by atoms with Crippen LogP contribution in [0.4, 0.5) is 0 Å². The van der Waals surface area contributed by atoms with Crippen LogP contribution in [0.5, 0.6) is 0 Å². The molecule has 5 heteroatoms. The molecule has 0 heterocycles. The summed E-state index contributed by atoms with van der Waals surface area (Å²) in [7, 11) is 0. The first-order valence-corrected chi connectivity index (χ1v) is 13.3. The molecule has 0 saturated heterocycles. The smallest absolute Gasteiger partial charge is 0.326 e. The highest BCUT2D eigenvalue weighted by molar-refractivity contribution is 7.98. The van der Waals surface area contributed by atoms with Crippen LogP contribution in [0.3, 0.4) is 0 Å². The van der Waals surface area contributed by atoms with Gasteiger partial charge in [0.2, 0.25) is 0 Å². The molecular formula is C31H29NO3S. The summed E-state index contributed by atoms with van der Waals surface area (Å²) in [5.74, 6) is -0.756. The van der Waals surface area contributed by atoms with Crippen LogP contribution in [0.1, 0.15) is 22.3 Å². The van der Waals surface area contributed by atoms with Gasteiger partial charge in [0.1, 0.15) is 6.04 Å². The van der Waals surface area contributed by atoms with E-state index in [9.17, 15) is 14.7 Å². The number of hydrogen-bond acceptors (Lipinski definition) is 3. The number of hydrogen-bond donors (Lipinski definition) is 2. The molecule has 4 aromatic rings. The van der Waals surface area contributed by atoms with Gasteiger partial charge in [-0.25, -0.2) is 4.79 Å². The molecule has 36 heavy (non-hydrogen) atoms. The van der Waals surface area contributed by atoms with Crippen molar-refractivity contribution in [2.75, 3.05) is 12.0 Å². The molecule has 0 aromatic heterocycles. The Balaban J connectivity index is 1.76. The topological polar surface area (TPSA) is 66.4 Å². The lowest BCUT2D eigenvalue weighted by atomic mass is 9.91. The second kappa shape index (κ2) is 11.7. The molecule has 1 amide bonds. The number of carboxylic acid groups (broad SMARTS) is 1. The van der Waals surface area contributed by atoms with E-state index in [-0.39, 0.29) is 5.91 Å². The minimum Gasteiger partial charge on any atom is -0.480 e. The van der Waals surface area contributed by atoms with Crippen LogP contribution in [0.25, 0.3) is 33.4 Å². The summed E-state index contributed by atoms with van der Waals surface area (Å²) < 4.78 is 0. The van der Waals surface area contributed by atoms with Crippen LogP contribution >= 0.6 is 11.8 Å². The van der Waals surface area contributed by atoms with Gasteiger partial charge in [-0.05, 0) is 82.5 Å². The Labute approximate surface area is 216 Å². The number of nitrogens with one attached hydrogen (secondary N) is 1. The zero-order valence-corrected chi connectivity index (χ0v) is 21.2. The molecule has 182 valence electrons. The van der Waals surface area contributed by atoms with Gasteiger partial charge in [0, 0.05) is 5.56 Å². The molecule has 0 aliphatic carbocycles. The highest BCUT2D eigenvalue weighted by atomic mass is 32.2. The van der Waals surface area contributed by atoms with E-state index < -0.39 is 12.0 Å². The number of aryl methyl sites for hydroxylation is 1. The van der Waals surface area contributed by atoms with Crippen molar-refractivity contribution in [1.82, 2.24) is 5.32 Å². The summed E-state index contributed by atoms with van der Waals surface area (Å²) in [6.07, 6.45) is 2.29. The van der Waals surface area contributed by atoms with Gasteiger partial charge in [0.05, 0.1) is 0 Å². The van der Waals surface area contributed by atoms with Crippen molar-refractivity contribution in [3.63, 3.8) is 0 Å². The molecule has 2 N–H and O–H groups in total. The zero-order chi connectivity index (χ0) is 25.5. The number of carboxylic acids is 1. The lowest BCUT2D eigenvalue weighted by molar-refractivity contribution is -0.139. The summed E-state index contributed by atoms with van der Waals surface area (Å²) >= 11 is 1.56. The fourth-order valence-corrected chi connectivity index (χ4v) is 4.73. The predicted molar refractivity (Wildman–Crippen MR) is 149 cm³/mol. The number of carbonyl (C=O) groups is 2. The van der Waals surface area contributed by atoms with Crippen LogP contribution in [0.2, 0.25) is 0 Å². The molecule has 0 unspecified atom stereocenters. The van der Waals surface area contributed by atoms with Gasteiger partial charge in [-0.1, -0.05) is 78.9 Å². The first-order chi connectivity index (χ1) is 17.5. The highest BCUT2D eigenvalue weighted by Crippen LogP contribution is 2.33. The molecule has 0 fully saturated rings. The molecule has 4 rings (SSSR count). The van der Waals surface area contributed by atoms with Crippen molar-refractivity contribution in [3.8, 4) is 33.4 Å². The standard InChI is InChI=1S/C31H29NO3S/c1-21-9-6-7-14-26(21)28-20-25(24-13-8-12-23(19-24)22-10-4-3-5-11-22)15-16-27(28)30(33)32-29(31(34)35)17-18-36-2/h3-16,19-20,29H,17-18H2,1-2H3,(H,32,33)(H,34,35)/t29-/m0/s1. The maximum absolute atomic E-state index is 13.3. The number of amides is 1. The summed E-state index contributed by atoms with van der Waals surface area (Å²) in [4.78, 5) is 25.1. The lowest BCUT2D eigenvalue weighted by Gasteiger charge is -2.18. The zero-order valence-electron chi connectivity index (χ0n) is 20.4. The van der Waals surface area contributed by atoms with E-state index in [1.54, 1.807) is 17.8 Å². The van der Waals surface area contributed by atoms with Gasteiger partial charge >= 0.3 is 5.97 Å². The van der Waals surface area contributed by atoms with E-state index in [0.717, 1.165) is 38.9 Å². The normalized spacial score (nSPS) is 11.6. The molecule has 0 radical (unpaired) electrons. The molecule has 0 spiro atoms. The quantitative estimate of drug-likeness (QED) is 0.264. The number of benzene rings is 4. The van der Waals surface area contributed by atoms with Crippen molar-refractivity contribution in [3.05, 3.63) is 108 Å². The number of carbonyl (C=O) groups excluding carboxylic acids is 1. The van der Waals surface area contributed by atoms with E-state index in [1.807, 2.05) is 73.8 Å². The third-order valence-corrected chi connectivity index (χ3v) is 6.86. The maximum atomic E-state index is 13.3. The number of rotatable bonds is 9. The summed E-state index contributed by atoms with van der Waals surface area (Å²) in [6, 6.07) is 31.3. The molecule has 4 aromatic carbocycles. The van der Waals surface area contributed by atoms with Crippen molar-refractivity contribution in [1.29, 1.82) is 0 Å². The summed E-state index contributed by atoms with van der Waals surface area (Å²) in [5, 5.41) is 12.4. The lowest BCUT2D eigenvalue weighted by Crippen LogP contribution is -2.41. The second-order valence-electron chi connectivity index (χ2n) is 8.67. The average Bonchev–Trinajstić information content (AvgIpc) is 2.91. The average molecular weight is 496 g/mol. The van der Waals surface area contributed by atoms with Gasteiger partial charge < -0.3 is 10.4 Å². The van der Waals surface area contributed by atoms with Crippen LogP contribution in [-0.2, 0) is 4.79 Å². The largest absolute Gasteiger partial charge is 0.480 e. The summed E-state index contributed by atoms with van der Waals surface area (Å²) in [6.45, 7) is 2.01. The summed E-state index contributed by atoms with van der Waals surface area (Å²) in [5.41, 5.74) is 7.51. The van der Waals surface area contributed by atoms with Crippen LogP contribution in [-0.4, -0.2) is 35.0 Å². The first kappa shape index (κ1) is 25.3. The van der Waals surface area contributed by atoms with Gasteiger partial charge in [0.25, 0.3) is 5.91 Å². The highest BCUT2D eigenvalue weighted by Gasteiger charge is 2.23. The molecule has 0 saturated carbocycles. The van der Waals surface area contributed by atoms with Crippen LogP contribution < -0.4 is 5.32 Å². The Morgan fingerprint density at radius 3 is 2.11 bits per heavy atom. The number of aliphatic carboxylic acids is 1. The van der Waals surface area contributed by atoms with E-state index in [4.69, 9.17) is 0 Å². The minimum absolute atomic E-state index is 0.367. The van der Waals surface area contributed by atoms with Gasteiger partial charge in [-0.15, -0.1) is 0 Å². The fourth-order valence-electron chi connectivity index (χ4n) is 4.26. The monoisotopic (exact) mass is 495 g/mol. The first-order valence-electron chi connectivity index (χ1n) is 11.9. The Hall–Kier alpha value is -3.83. The number of thioether (sulfide) groups is 1. The van der Waals surface area contributed by atoms with Crippen LogP contribution in [0.15, 0.2) is 97.1 Å². The van der Waals surface area contributed by atoms with E-state index >= 15 is 0 Å². The third-order valence-electron chi connectivity index (χ3n) is 6.22. The van der Waals surface area contributed by atoms with Crippen molar-refractivity contribution >= 4 is 23.6 Å². The van der Waals surface area contributed by atoms with Gasteiger partial charge in [-0.2, -0.15) is 11.8 Å². The Morgan fingerprint density at radius 2 is 1.42 bits per heavy atom. The van der Waals surface area contributed by atoms with Crippen LogP contribution in [0, 0.1) is 6.92 Å². The molecule has 0 bridgehead atoms. The van der Waals surface area contributed by atoms with E-state index in [0.29, 0.717) is 17.7 Å². The molecular weight excluding hydrogens is 466 g/mol. The third kappa shape index (κ3) is 5.86. The Morgan fingerprint density at radius 1 is 0.778 bits per heavy atom. The molecule has 4 nitrogen and oxygen atoms in total. The van der Waals surface area contributed by atoms with E-state index in [1.165, 1.54) is 0 Å². The Kier molecular flexibility index (Phi) is 8.24. The predicted octanol–water partition coefficient (Wildman–Crippen LogP) is 6.93. The minimum atomic E-state index is -1.02. The fraction of sp³-hybridized carbons (Fsp3) is 0.161. The Bertz CT molecular complexity index is 1370. The maximum Gasteiger partial charge on any atom is 0.326 e. The van der Waals surface area contributed by atoms with Crippen molar-refractivity contribution in [2.24, 2.45) is 0 Å². The molecule has 1 atom stereocenters. The van der Waals surface area contributed by atoms with Gasteiger partial charge in [0.15, 0.2) is 0 Å². The molecule has 0 aliphatic rings. The van der Waals surface area contributed by atoms with Gasteiger partial charge in [-0.3, -0.25) is 4.79 Å². The van der Waals surface area contributed by atoms with Crippen molar-refractivity contribution in [2.45, 2.75) is 19.4 Å². The second-order valence-corrected chi connectivity index (χ2v) is 9.65. The molecule has 0 aliphatic heterocycles. The SMILES string of the molecule is CSCC[C@H](NC(=O)c1ccc(-c2cccc(-c3ccccc3)c2)cc1-c1ccccc1C)C(=O)O. The van der Waals surface area contributed by atoms with E-state index in [2.05, 4.69) is 35.6 Å². The van der Waals surface area contributed by atoms with Crippen molar-refractivity contribution < 1.29 is 14.7 Å².